The van der Waals surface area contributed by atoms with Crippen LogP contribution in [0.5, 0.6) is 11.5 Å². The highest BCUT2D eigenvalue weighted by Crippen LogP contribution is 2.28. The van der Waals surface area contributed by atoms with Gasteiger partial charge in [-0.2, -0.15) is 0 Å². The first-order valence-corrected chi connectivity index (χ1v) is 9.82. The Balaban J connectivity index is 1.81. The third-order valence-corrected chi connectivity index (χ3v) is 4.74. The molecule has 0 aromatic heterocycles. The van der Waals surface area contributed by atoms with Crippen molar-refractivity contribution >= 4 is 0 Å². The molecule has 0 unspecified atom stereocenters. The van der Waals surface area contributed by atoms with Crippen molar-refractivity contribution in [2.24, 2.45) is 0 Å². The van der Waals surface area contributed by atoms with Crippen molar-refractivity contribution in [1.29, 1.82) is 0 Å². The Bertz CT molecular complexity index is 689. The number of hydrogen-bond acceptors (Lipinski definition) is 4. The topological polar surface area (TPSA) is 33.7 Å². The van der Waals surface area contributed by atoms with Crippen molar-refractivity contribution in [3.05, 3.63) is 58.6 Å². The molecule has 27 heavy (non-hydrogen) atoms. The Labute approximate surface area is 168 Å². The van der Waals surface area contributed by atoms with Gasteiger partial charge in [-0.3, -0.25) is 0 Å². The molecule has 0 fully saturated rings. The number of methoxy groups -OCH3 is 1. The fraction of sp³-hybridized carbons (Fsp3) is 0.455. The van der Waals surface area contributed by atoms with Crippen LogP contribution in [0.15, 0.2) is 42.5 Å². The highest BCUT2D eigenvalue weighted by atomic mass is 35.5. The summed E-state index contributed by atoms with van der Waals surface area (Å²) in [6, 6.07) is 14.8. The van der Waals surface area contributed by atoms with Crippen molar-refractivity contribution in [3.8, 4) is 11.5 Å². The molecule has 2 aromatic carbocycles. The van der Waals surface area contributed by atoms with Gasteiger partial charge in [-0.15, -0.1) is 0 Å². The summed E-state index contributed by atoms with van der Waals surface area (Å²) in [6.45, 7) is 4.61. The van der Waals surface area contributed by atoms with Crippen molar-refractivity contribution in [2.45, 2.75) is 32.4 Å². The minimum Gasteiger partial charge on any atom is -0.493 e. The van der Waals surface area contributed by atoms with E-state index in [2.05, 4.69) is 41.4 Å². The summed E-state index contributed by atoms with van der Waals surface area (Å²) in [4.78, 5) is 2.10. The molecule has 4 nitrogen and oxygen atoms in total. The van der Waals surface area contributed by atoms with Crippen molar-refractivity contribution in [2.75, 3.05) is 34.4 Å². The molecular weight excluding hydrogens is 360 g/mol. The quantitative estimate of drug-likeness (QED) is 0.636. The van der Waals surface area contributed by atoms with Gasteiger partial charge in [-0.25, -0.2) is 0 Å². The molecular formula is C22H32ClN2O2+. The second-order valence-electron chi connectivity index (χ2n) is 7.10. The van der Waals surface area contributed by atoms with Crippen LogP contribution in [0.25, 0.3) is 0 Å². The largest absolute Gasteiger partial charge is 0.493 e. The van der Waals surface area contributed by atoms with Gasteiger partial charge >= 0.3 is 0 Å². The molecule has 0 radical (unpaired) electrons. The SMILES string of the molecule is COc1cc(CC[C@@H](C)NCc2ccc([ClH+])cc2)ccc1OCCN(C)C. The Morgan fingerprint density at radius 2 is 1.74 bits per heavy atom. The summed E-state index contributed by atoms with van der Waals surface area (Å²) >= 11 is 5.13. The van der Waals surface area contributed by atoms with E-state index in [-0.39, 0.29) is 0 Å². The first-order valence-electron chi connectivity index (χ1n) is 9.41. The summed E-state index contributed by atoms with van der Waals surface area (Å²) in [6.07, 6.45) is 2.05. The molecule has 0 amide bonds. The van der Waals surface area contributed by atoms with Crippen LogP contribution < -0.4 is 14.8 Å². The number of nitrogens with zero attached hydrogens (tertiary/aromatic N) is 1. The van der Waals surface area contributed by atoms with Crippen LogP contribution in [0.3, 0.4) is 0 Å². The molecule has 2 rings (SSSR count). The highest BCUT2D eigenvalue weighted by Gasteiger charge is 2.08. The third-order valence-electron chi connectivity index (χ3n) is 4.47. The highest BCUT2D eigenvalue weighted by molar-refractivity contribution is 5.43. The van der Waals surface area contributed by atoms with E-state index in [0.29, 0.717) is 12.6 Å². The van der Waals surface area contributed by atoms with Gasteiger partial charge in [-0.1, -0.05) is 18.2 Å². The maximum Gasteiger partial charge on any atom is 0.225 e. The standard InChI is InChI=1S/C22H32ClN2O2/c1-17(24-16-19-7-10-20(23)11-8-19)5-6-18-9-12-21(22(15-18)26-4)27-14-13-25(2)3/h7-12,15,17,23-24H,5-6,13-14,16H2,1-4H3/q+1/t17-/m1/s1. The average molecular weight is 392 g/mol. The number of ether oxygens (including phenoxy) is 2. The molecule has 0 spiro atoms. The number of halogens is 1. The molecule has 148 valence electrons. The Kier molecular flexibility index (Phi) is 8.92. The lowest BCUT2D eigenvalue weighted by atomic mass is 10.1. The molecule has 0 heterocycles. The van der Waals surface area contributed by atoms with E-state index in [0.717, 1.165) is 42.5 Å². The van der Waals surface area contributed by atoms with Crippen molar-refractivity contribution < 1.29 is 21.1 Å². The number of rotatable bonds is 11. The van der Waals surface area contributed by atoms with Gasteiger partial charge in [0.25, 0.3) is 0 Å². The molecule has 0 aliphatic heterocycles. The van der Waals surface area contributed by atoms with Crippen LogP contribution in [-0.2, 0) is 13.0 Å². The normalized spacial score (nSPS) is 12.2. The van der Waals surface area contributed by atoms with E-state index >= 15 is 0 Å². The van der Waals surface area contributed by atoms with E-state index in [9.17, 15) is 0 Å². The van der Waals surface area contributed by atoms with Gasteiger partial charge in [0, 0.05) is 31.3 Å². The van der Waals surface area contributed by atoms with Gasteiger partial charge in [0.2, 0.25) is 5.02 Å². The maximum atomic E-state index is 5.83. The molecule has 0 saturated heterocycles. The average Bonchev–Trinajstić information content (AvgIpc) is 2.66. The Hall–Kier alpha value is -1.75. The minimum atomic E-state index is 0.426. The van der Waals surface area contributed by atoms with E-state index < -0.39 is 0 Å². The molecule has 0 aliphatic rings. The molecule has 5 heteroatoms. The van der Waals surface area contributed by atoms with Gasteiger partial charge < -0.3 is 19.7 Å². The molecule has 0 saturated carbocycles. The fourth-order valence-electron chi connectivity index (χ4n) is 2.71. The van der Waals surface area contributed by atoms with E-state index in [1.807, 2.05) is 32.3 Å². The molecule has 0 bridgehead atoms. The zero-order valence-electron chi connectivity index (χ0n) is 16.8. The van der Waals surface area contributed by atoms with Crippen LogP contribution in [0.1, 0.15) is 24.5 Å². The fourth-order valence-corrected chi connectivity index (χ4v) is 2.85. The number of likely N-dealkylation sites (N-methyl/N-ethyl adjacent to an activating group) is 1. The second-order valence-corrected chi connectivity index (χ2v) is 7.57. The first kappa shape index (κ1) is 21.5. The second kappa shape index (κ2) is 11.2. The smallest absolute Gasteiger partial charge is 0.225 e. The van der Waals surface area contributed by atoms with Gasteiger partial charge in [0.1, 0.15) is 6.61 Å². The lowest BCUT2D eigenvalue weighted by Crippen LogP contribution is -2.25. The monoisotopic (exact) mass is 391 g/mol. The maximum absolute atomic E-state index is 5.83. The summed E-state index contributed by atoms with van der Waals surface area (Å²) in [5.41, 5.74) is 2.52. The first-order chi connectivity index (χ1) is 13.0. The zero-order chi connectivity index (χ0) is 19.6. The van der Waals surface area contributed by atoms with Crippen LogP contribution in [0.2, 0.25) is 5.02 Å². The zero-order valence-corrected chi connectivity index (χ0v) is 17.6. The van der Waals surface area contributed by atoms with Crippen LogP contribution in [-0.4, -0.2) is 45.3 Å². The predicted octanol–water partition coefficient (Wildman–Crippen LogP) is 3.44. The number of hydrogen-bond donors (Lipinski definition) is 1. The molecule has 2 aromatic rings. The third kappa shape index (κ3) is 7.79. The molecule has 1 N–H and O–H groups in total. The number of benzene rings is 2. The minimum absolute atomic E-state index is 0.426. The summed E-state index contributed by atoms with van der Waals surface area (Å²) in [7, 11) is 5.76. The Morgan fingerprint density at radius 1 is 1.04 bits per heavy atom. The van der Waals surface area contributed by atoms with Gasteiger partial charge in [0.15, 0.2) is 23.1 Å². The molecule has 0 aliphatic carbocycles. The van der Waals surface area contributed by atoms with Gasteiger partial charge in [0.05, 0.1) is 7.11 Å². The predicted molar refractivity (Wildman–Crippen MR) is 109 cm³/mol. The van der Waals surface area contributed by atoms with Crippen LogP contribution in [0, 0.1) is 11.6 Å². The van der Waals surface area contributed by atoms with Crippen molar-refractivity contribution in [1.82, 2.24) is 10.2 Å². The summed E-state index contributed by atoms with van der Waals surface area (Å²) in [5, 5.41) is 4.46. The number of aryl methyl sites for hydroxylation is 1. The Morgan fingerprint density at radius 3 is 2.41 bits per heavy atom. The lowest BCUT2D eigenvalue weighted by Gasteiger charge is -2.16. The number of nitrogens with one attached hydrogen (secondary N) is 1. The summed E-state index contributed by atoms with van der Waals surface area (Å²) < 4.78 is 11.3. The molecule has 1 atom stereocenters. The van der Waals surface area contributed by atoms with Gasteiger partial charge in [-0.05, 0) is 57.1 Å². The van der Waals surface area contributed by atoms with E-state index in [4.69, 9.17) is 21.1 Å². The lowest BCUT2D eigenvalue weighted by molar-refractivity contribution is -0.288. The van der Waals surface area contributed by atoms with Crippen molar-refractivity contribution in [3.63, 3.8) is 0 Å². The summed E-state index contributed by atoms with van der Waals surface area (Å²) in [5.74, 6) is 1.61. The van der Waals surface area contributed by atoms with E-state index in [1.54, 1.807) is 7.11 Å². The van der Waals surface area contributed by atoms with Crippen LogP contribution >= 0.6 is 0 Å². The van der Waals surface area contributed by atoms with E-state index in [1.165, 1.54) is 11.1 Å². The van der Waals surface area contributed by atoms with Crippen LogP contribution in [0.4, 0.5) is 0 Å².